The van der Waals surface area contributed by atoms with Crippen LogP contribution in [0.3, 0.4) is 0 Å². The molecule has 5 amide bonds. The minimum absolute atomic E-state index is 0.0358. The van der Waals surface area contributed by atoms with Crippen molar-refractivity contribution in [3.63, 3.8) is 0 Å². The molecule has 2 fully saturated rings. The minimum atomic E-state index is -1.07. The van der Waals surface area contributed by atoms with Gasteiger partial charge in [-0.25, -0.2) is 0 Å². The lowest BCUT2D eigenvalue weighted by Crippen LogP contribution is -2.60. The van der Waals surface area contributed by atoms with Gasteiger partial charge in [0.05, 0.1) is 6.42 Å². The largest absolute Gasteiger partial charge is 0.452 e. The molecule has 2 aliphatic rings. The molecule has 2 N–H and O–H groups in total. The Morgan fingerprint density at radius 1 is 0.905 bits per heavy atom. The number of amides is 5. The number of carbonyl (C=O) groups is 6. The van der Waals surface area contributed by atoms with Crippen LogP contribution in [0.15, 0.2) is 0 Å². The molecule has 2 rings (SSSR count). The van der Waals surface area contributed by atoms with E-state index >= 15 is 0 Å². The highest BCUT2D eigenvalue weighted by molar-refractivity contribution is 5.96. The van der Waals surface area contributed by atoms with Gasteiger partial charge in [0.15, 0.2) is 6.10 Å². The molecule has 42 heavy (non-hydrogen) atoms. The molecule has 0 spiro atoms. The van der Waals surface area contributed by atoms with Crippen LogP contribution in [0.4, 0.5) is 0 Å². The number of esters is 1. The maximum Gasteiger partial charge on any atom is 0.308 e. The Morgan fingerprint density at radius 2 is 1.55 bits per heavy atom. The first-order valence-electron chi connectivity index (χ1n) is 15.2. The zero-order chi connectivity index (χ0) is 31.9. The van der Waals surface area contributed by atoms with Crippen LogP contribution >= 0.6 is 0 Å². The number of fused-ring (bicyclic) bond motifs is 1. The lowest BCUT2D eigenvalue weighted by molar-refractivity contribution is -0.162. The van der Waals surface area contributed by atoms with Crippen molar-refractivity contribution in [1.29, 1.82) is 0 Å². The van der Waals surface area contributed by atoms with Gasteiger partial charge in [-0.2, -0.15) is 0 Å². The van der Waals surface area contributed by atoms with Gasteiger partial charge < -0.3 is 30.1 Å². The molecule has 2 saturated heterocycles. The third kappa shape index (κ3) is 8.44. The van der Waals surface area contributed by atoms with Crippen LogP contribution in [0.2, 0.25) is 0 Å². The summed E-state index contributed by atoms with van der Waals surface area (Å²) < 4.78 is 5.59. The molecule has 2 heterocycles. The van der Waals surface area contributed by atoms with Crippen LogP contribution in [0, 0.1) is 17.8 Å². The van der Waals surface area contributed by atoms with Crippen molar-refractivity contribution in [3.8, 4) is 0 Å². The molecule has 0 aromatic carbocycles. The lowest BCUT2D eigenvalue weighted by atomic mass is 9.94. The van der Waals surface area contributed by atoms with E-state index in [-0.39, 0.29) is 37.1 Å². The summed E-state index contributed by atoms with van der Waals surface area (Å²) in [5, 5.41) is 5.57. The van der Waals surface area contributed by atoms with E-state index in [4.69, 9.17) is 4.74 Å². The zero-order valence-electron chi connectivity index (χ0n) is 26.8. The molecule has 0 bridgehead atoms. The van der Waals surface area contributed by atoms with Gasteiger partial charge in [-0.1, -0.05) is 48.0 Å². The van der Waals surface area contributed by atoms with Crippen molar-refractivity contribution < 1.29 is 33.5 Å². The van der Waals surface area contributed by atoms with E-state index in [0.29, 0.717) is 25.8 Å². The summed E-state index contributed by atoms with van der Waals surface area (Å²) in [5.74, 6) is -3.36. The van der Waals surface area contributed by atoms with E-state index in [1.165, 1.54) is 21.7 Å². The second kappa shape index (κ2) is 15.3. The van der Waals surface area contributed by atoms with Gasteiger partial charge in [0.25, 0.3) is 5.91 Å². The fraction of sp³-hybridized carbons (Fsp3) is 0.800. The molecular formula is C30H51N5O7. The maximum absolute atomic E-state index is 13.9. The highest BCUT2D eigenvalue weighted by Crippen LogP contribution is 2.24. The molecule has 0 aromatic heterocycles. The summed E-state index contributed by atoms with van der Waals surface area (Å²) in [6.45, 7) is 13.1. The van der Waals surface area contributed by atoms with Crippen molar-refractivity contribution in [2.75, 3.05) is 27.2 Å². The van der Waals surface area contributed by atoms with Crippen molar-refractivity contribution in [2.45, 2.75) is 111 Å². The van der Waals surface area contributed by atoms with Gasteiger partial charge in [-0.05, 0) is 43.9 Å². The van der Waals surface area contributed by atoms with Gasteiger partial charge in [0.2, 0.25) is 23.6 Å². The molecule has 2 aliphatic heterocycles. The third-order valence-corrected chi connectivity index (χ3v) is 8.44. The molecule has 12 nitrogen and oxygen atoms in total. The molecule has 0 radical (unpaired) electrons. The first-order chi connectivity index (χ1) is 19.6. The monoisotopic (exact) mass is 593 g/mol. The number of likely N-dealkylation sites (N-methyl/N-ethyl adjacent to an activating group) is 2. The summed E-state index contributed by atoms with van der Waals surface area (Å²) in [5.41, 5.74) is 0. The Bertz CT molecular complexity index is 1020. The predicted molar refractivity (Wildman–Crippen MR) is 157 cm³/mol. The minimum Gasteiger partial charge on any atom is -0.452 e. The molecule has 4 unspecified atom stereocenters. The zero-order valence-corrected chi connectivity index (χ0v) is 26.8. The van der Waals surface area contributed by atoms with Gasteiger partial charge in [-0.3, -0.25) is 28.8 Å². The van der Waals surface area contributed by atoms with E-state index in [2.05, 4.69) is 10.6 Å². The average molecular weight is 594 g/mol. The van der Waals surface area contributed by atoms with Crippen LogP contribution in [0.25, 0.3) is 0 Å². The van der Waals surface area contributed by atoms with Crippen LogP contribution in [0.5, 0.6) is 0 Å². The van der Waals surface area contributed by atoms with E-state index in [1.54, 1.807) is 14.0 Å². The summed E-state index contributed by atoms with van der Waals surface area (Å²) >= 11 is 0. The average Bonchev–Trinajstić information content (AvgIpc) is 3.42. The molecule has 12 heteroatoms. The molecule has 238 valence electrons. The summed E-state index contributed by atoms with van der Waals surface area (Å²) in [7, 11) is 3.04. The highest BCUT2D eigenvalue weighted by Gasteiger charge is 2.42. The standard InChI is InChI=1S/C30H51N5O7/c1-10-19(6)24-29(40)34(9)25(18(4)5)30(41)33(8)20(7)26(37)31-14-13-23(36)42-22(16-17(2)3)28(39)35-15-11-12-21(35)27(38)32-24/h17-22,24-25H,10-16H2,1-9H3,(H,31,37)(H,32,38)/t19?,20?,21-,22+,24?,25?/m0/s1. The first-order valence-corrected chi connectivity index (χ1v) is 15.2. The summed E-state index contributed by atoms with van der Waals surface area (Å²) in [4.78, 5) is 84.6. The van der Waals surface area contributed by atoms with Crippen LogP contribution < -0.4 is 10.6 Å². The molecule has 0 saturated carbocycles. The number of hydrogen-bond donors (Lipinski definition) is 2. The fourth-order valence-corrected chi connectivity index (χ4v) is 5.53. The van der Waals surface area contributed by atoms with Crippen LogP contribution in [-0.2, 0) is 33.5 Å². The Balaban J connectivity index is 2.54. The number of cyclic esters (lactones) is 1. The lowest BCUT2D eigenvalue weighted by Gasteiger charge is -2.38. The second-order valence-electron chi connectivity index (χ2n) is 12.5. The normalized spacial score (nSPS) is 28.6. The van der Waals surface area contributed by atoms with Crippen molar-refractivity contribution in [2.24, 2.45) is 17.8 Å². The van der Waals surface area contributed by atoms with Crippen LogP contribution in [-0.4, -0.2) is 108 Å². The SMILES string of the molecule is CCC(C)C1NC(=O)[C@@H]2CCCN2C(=O)[C@@H](CC(C)C)OC(=O)CCNC(=O)C(C)N(C)C(=O)C(C(C)C)N(C)C1=O. The smallest absolute Gasteiger partial charge is 0.308 e. The Hall–Kier alpha value is -3.18. The Morgan fingerprint density at radius 3 is 2.12 bits per heavy atom. The van der Waals surface area contributed by atoms with Gasteiger partial charge >= 0.3 is 5.97 Å². The third-order valence-electron chi connectivity index (χ3n) is 8.44. The summed E-state index contributed by atoms with van der Waals surface area (Å²) in [6, 6.07) is -3.52. The maximum atomic E-state index is 13.9. The highest BCUT2D eigenvalue weighted by atomic mass is 16.5. The van der Waals surface area contributed by atoms with Crippen molar-refractivity contribution in [1.82, 2.24) is 25.3 Å². The molecule has 6 atom stereocenters. The van der Waals surface area contributed by atoms with Gasteiger partial charge in [0.1, 0.15) is 24.2 Å². The Kier molecular flexibility index (Phi) is 12.8. The molecular weight excluding hydrogens is 542 g/mol. The van der Waals surface area contributed by atoms with Gasteiger partial charge in [-0.15, -0.1) is 0 Å². The second-order valence-corrected chi connectivity index (χ2v) is 12.5. The summed E-state index contributed by atoms with van der Waals surface area (Å²) in [6.07, 6.45) is 0.636. The molecule has 0 aromatic rings. The van der Waals surface area contributed by atoms with Gasteiger partial charge in [0, 0.05) is 27.2 Å². The topological polar surface area (TPSA) is 145 Å². The van der Waals surface area contributed by atoms with E-state index in [1.807, 2.05) is 41.5 Å². The van der Waals surface area contributed by atoms with E-state index in [0.717, 1.165) is 0 Å². The quantitative estimate of drug-likeness (QED) is 0.457. The van der Waals surface area contributed by atoms with Crippen molar-refractivity contribution in [3.05, 3.63) is 0 Å². The number of carbonyl (C=O) groups excluding carboxylic acids is 6. The Labute approximate surface area is 250 Å². The number of hydrogen-bond acceptors (Lipinski definition) is 7. The first kappa shape index (κ1) is 35.0. The predicted octanol–water partition coefficient (Wildman–Crippen LogP) is 1.32. The fourth-order valence-electron chi connectivity index (χ4n) is 5.53. The number of nitrogens with zero attached hydrogens (tertiary/aromatic N) is 3. The molecule has 0 aliphatic carbocycles. The van der Waals surface area contributed by atoms with E-state index in [9.17, 15) is 28.8 Å². The number of nitrogens with one attached hydrogen (secondary N) is 2. The van der Waals surface area contributed by atoms with E-state index < -0.39 is 65.8 Å². The number of rotatable bonds is 5. The van der Waals surface area contributed by atoms with Crippen molar-refractivity contribution >= 4 is 35.5 Å². The number of ether oxygens (including phenoxy) is 1. The van der Waals surface area contributed by atoms with Crippen LogP contribution in [0.1, 0.15) is 80.6 Å².